The quantitative estimate of drug-likeness (QED) is 0.783. The number of nitrogens with one attached hydrogen (secondary N) is 1. The van der Waals surface area contributed by atoms with Gasteiger partial charge in [0.2, 0.25) is 5.91 Å². The molecule has 1 fully saturated rings. The lowest BCUT2D eigenvalue weighted by atomic mass is 10.0. The van der Waals surface area contributed by atoms with Crippen LogP contribution in [0.25, 0.3) is 0 Å². The number of aliphatic hydroxyl groups is 1. The Balaban J connectivity index is 1.63. The van der Waals surface area contributed by atoms with Crippen LogP contribution in [0.1, 0.15) is 43.8 Å². The molecule has 2 rings (SSSR count). The van der Waals surface area contributed by atoms with Gasteiger partial charge in [0.15, 0.2) is 5.82 Å². The lowest BCUT2D eigenvalue weighted by Crippen LogP contribution is -2.27. The van der Waals surface area contributed by atoms with Gasteiger partial charge in [-0.25, -0.2) is 0 Å². The summed E-state index contributed by atoms with van der Waals surface area (Å²) < 4.78 is 4.76. The minimum absolute atomic E-state index is 0.104. The van der Waals surface area contributed by atoms with Crippen molar-refractivity contribution < 1.29 is 14.4 Å². The number of hydrogen-bond acceptors (Lipinski definition) is 5. The van der Waals surface area contributed by atoms with E-state index in [9.17, 15) is 4.79 Å². The predicted octanol–water partition coefficient (Wildman–Crippen LogP) is 0.801. The van der Waals surface area contributed by atoms with E-state index in [1.165, 1.54) is 25.7 Å². The van der Waals surface area contributed by atoms with E-state index >= 15 is 0 Å². The highest BCUT2D eigenvalue weighted by Crippen LogP contribution is 2.27. The zero-order valence-electron chi connectivity index (χ0n) is 10.4. The Morgan fingerprint density at radius 1 is 1.44 bits per heavy atom. The second-order valence-corrected chi connectivity index (χ2v) is 4.72. The fourth-order valence-corrected chi connectivity index (χ4v) is 2.32. The molecule has 0 aromatic carbocycles. The summed E-state index contributed by atoms with van der Waals surface area (Å²) in [5.74, 6) is 1.39. The molecule has 1 amide bonds. The van der Waals surface area contributed by atoms with Gasteiger partial charge in [-0.1, -0.05) is 18.0 Å². The van der Waals surface area contributed by atoms with E-state index in [1.54, 1.807) is 0 Å². The van der Waals surface area contributed by atoms with E-state index in [4.69, 9.17) is 9.63 Å². The molecule has 1 aromatic rings. The van der Waals surface area contributed by atoms with Crippen molar-refractivity contribution in [3.8, 4) is 0 Å². The first-order chi connectivity index (χ1) is 8.78. The standard InChI is InChI=1S/C12H19N3O3/c16-8-12-14-10(15-18-12)5-6-13-11(17)7-9-3-1-2-4-9/h9,16H,1-8H2,(H,13,17). The van der Waals surface area contributed by atoms with Crippen LogP contribution in [0, 0.1) is 5.92 Å². The smallest absolute Gasteiger partial charge is 0.252 e. The Kier molecular flexibility index (Phi) is 4.69. The van der Waals surface area contributed by atoms with Crippen LogP contribution in [-0.2, 0) is 17.8 Å². The third kappa shape index (κ3) is 3.80. The molecule has 6 heteroatoms. The first-order valence-electron chi connectivity index (χ1n) is 6.47. The van der Waals surface area contributed by atoms with E-state index in [1.807, 2.05) is 0 Å². The van der Waals surface area contributed by atoms with Crippen LogP contribution < -0.4 is 5.32 Å². The molecule has 1 saturated carbocycles. The largest absolute Gasteiger partial charge is 0.387 e. The van der Waals surface area contributed by atoms with Gasteiger partial charge in [0.1, 0.15) is 6.61 Å². The van der Waals surface area contributed by atoms with Gasteiger partial charge in [-0.15, -0.1) is 0 Å². The Hall–Kier alpha value is -1.43. The van der Waals surface area contributed by atoms with Gasteiger partial charge < -0.3 is 14.9 Å². The number of rotatable bonds is 6. The molecule has 0 atom stereocenters. The van der Waals surface area contributed by atoms with Crippen molar-refractivity contribution in [1.29, 1.82) is 0 Å². The monoisotopic (exact) mass is 253 g/mol. The van der Waals surface area contributed by atoms with Crippen LogP contribution in [0.2, 0.25) is 0 Å². The molecule has 100 valence electrons. The Morgan fingerprint density at radius 2 is 2.22 bits per heavy atom. The highest BCUT2D eigenvalue weighted by molar-refractivity contribution is 5.76. The van der Waals surface area contributed by atoms with E-state index in [2.05, 4.69) is 15.5 Å². The van der Waals surface area contributed by atoms with Gasteiger partial charge in [-0.3, -0.25) is 4.79 Å². The fourth-order valence-electron chi connectivity index (χ4n) is 2.32. The summed E-state index contributed by atoms with van der Waals surface area (Å²) >= 11 is 0. The minimum atomic E-state index is -0.249. The maximum Gasteiger partial charge on any atom is 0.252 e. The van der Waals surface area contributed by atoms with Crippen molar-refractivity contribution in [1.82, 2.24) is 15.5 Å². The van der Waals surface area contributed by atoms with Crippen molar-refractivity contribution in [2.45, 2.75) is 45.1 Å². The number of carbonyl (C=O) groups excluding carboxylic acids is 1. The van der Waals surface area contributed by atoms with Crippen LogP contribution in [0.5, 0.6) is 0 Å². The molecular weight excluding hydrogens is 234 g/mol. The molecule has 0 spiro atoms. The number of aliphatic hydroxyl groups excluding tert-OH is 1. The number of carbonyl (C=O) groups is 1. The molecule has 1 aromatic heterocycles. The second-order valence-electron chi connectivity index (χ2n) is 4.72. The van der Waals surface area contributed by atoms with E-state index in [-0.39, 0.29) is 18.4 Å². The minimum Gasteiger partial charge on any atom is -0.387 e. The van der Waals surface area contributed by atoms with Crippen LogP contribution in [0.4, 0.5) is 0 Å². The predicted molar refractivity (Wildman–Crippen MR) is 63.5 cm³/mol. The summed E-state index contributed by atoms with van der Waals surface area (Å²) in [6.07, 6.45) is 6.03. The second kappa shape index (κ2) is 6.49. The number of nitrogens with zero attached hydrogens (tertiary/aromatic N) is 2. The van der Waals surface area contributed by atoms with Crippen LogP contribution >= 0.6 is 0 Å². The maximum atomic E-state index is 11.6. The number of hydrogen-bond donors (Lipinski definition) is 2. The third-order valence-electron chi connectivity index (χ3n) is 3.27. The highest BCUT2D eigenvalue weighted by Gasteiger charge is 2.18. The lowest BCUT2D eigenvalue weighted by molar-refractivity contribution is -0.121. The van der Waals surface area contributed by atoms with Crippen LogP contribution in [0.3, 0.4) is 0 Å². The molecule has 0 saturated heterocycles. The average molecular weight is 253 g/mol. The normalized spacial score (nSPS) is 16.1. The fraction of sp³-hybridized carbons (Fsp3) is 0.750. The van der Waals surface area contributed by atoms with Crippen molar-refractivity contribution >= 4 is 5.91 Å². The van der Waals surface area contributed by atoms with Crippen molar-refractivity contribution in [2.75, 3.05) is 6.54 Å². The first kappa shape index (κ1) is 13.0. The molecular formula is C12H19N3O3. The Morgan fingerprint density at radius 3 is 2.89 bits per heavy atom. The molecule has 0 radical (unpaired) electrons. The van der Waals surface area contributed by atoms with Gasteiger partial charge in [0.25, 0.3) is 5.89 Å². The van der Waals surface area contributed by atoms with Gasteiger partial charge >= 0.3 is 0 Å². The van der Waals surface area contributed by atoms with E-state index in [0.29, 0.717) is 31.1 Å². The van der Waals surface area contributed by atoms with Gasteiger partial charge in [-0.05, 0) is 18.8 Å². The topological polar surface area (TPSA) is 88.2 Å². The summed E-state index contributed by atoms with van der Waals surface area (Å²) in [5, 5.41) is 15.3. The summed E-state index contributed by atoms with van der Waals surface area (Å²) in [4.78, 5) is 15.6. The average Bonchev–Trinajstić information content (AvgIpc) is 3.00. The van der Waals surface area contributed by atoms with Gasteiger partial charge in [-0.2, -0.15) is 4.98 Å². The molecule has 18 heavy (non-hydrogen) atoms. The zero-order valence-corrected chi connectivity index (χ0v) is 10.4. The molecule has 0 unspecified atom stereocenters. The SMILES string of the molecule is O=C(CC1CCCC1)NCCc1noc(CO)n1. The lowest BCUT2D eigenvalue weighted by Gasteiger charge is -2.08. The van der Waals surface area contributed by atoms with E-state index < -0.39 is 0 Å². The first-order valence-corrected chi connectivity index (χ1v) is 6.47. The Bertz CT molecular complexity index is 386. The molecule has 1 aliphatic carbocycles. The van der Waals surface area contributed by atoms with Gasteiger partial charge in [0, 0.05) is 19.4 Å². The van der Waals surface area contributed by atoms with E-state index in [0.717, 1.165) is 0 Å². The maximum absolute atomic E-state index is 11.6. The molecule has 2 N–H and O–H groups in total. The molecule has 0 aliphatic heterocycles. The third-order valence-corrected chi connectivity index (χ3v) is 3.27. The number of amides is 1. The van der Waals surface area contributed by atoms with Gasteiger partial charge in [0.05, 0.1) is 0 Å². The molecule has 0 bridgehead atoms. The Labute approximate surface area is 106 Å². The summed E-state index contributed by atoms with van der Waals surface area (Å²) in [7, 11) is 0. The molecule has 1 heterocycles. The summed E-state index contributed by atoms with van der Waals surface area (Å²) in [6.45, 7) is 0.261. The van der Waals surface area contributed by atoms with Crippen molar-refractivity contribution in [2.24, 2.45) is 5.92 Å². The number of aromatic nitrogens is 2. The summed E-state index contributed by atoms with van der Waals surface area (Å²) in [6, 6.07) is 0. The zero-order chi connectivity index (χ0) is 12.8. The van der Waals surface area contributed by atoms with Crippen LogP contribution in [0.15, 0.2) is 4.52 Å². The molecule has 6 nitrogen and oxygen atoms in total. The van der Waals surface area contributed by atoms with Crippen molar-refractivity contribution in [3.63, 3.8) is 0 Å². The van der Waals surface area contributed by atoms with Crippen LogP contribution in [-0.4, -0.2) is 27.7 Å². The van der Waals surface area contributed by atoms with Crippen molar-refractivity contribution in [3.05, 3.63) is 11.7 Å². The highest BCUT2D eigenvalue weighted by atomic mass is 16.5. The molecule has 1 aliphatic rings. The summed E-state index contributed by atoms with van der Waals surface area (Å²) in [5.41, 5.74) is 0.